The molecule has 0 spiro atoms. The summed E-state index contributed by atoms with van der Waals surface area (Å²) >= 11 is 0. The molecule has 0 aliphatic carbocycles. The number of hydrogen-bond acceptors (Lipinski definition) is 4. The van der Waals surface area contributed by atoms with Crippen LogP contribution in [0, 0.1) is 0 Å². The summed E-state index contributed by atoms with van der Waals surface area (Å²) in [5.74, 6) is 0.748. The molecule has 1 aromatic heterocycles. The van der Waals surface area contributed by atoms with Crippen molar-refractivity contribution in [3.63, 3.8) is 0 Å². The van der Waals surface area contributed by atoms with E-state index in [0.717, 1.165) is 61.5 Å². The first-order valence-electron chi connectivity index (χ1n) is 9.82. The van der Waals surface area contributed by atoms with Crippen LogP contribution in [0.25, 0.3) is 5.69 Å². The highest BCUT2D eigenvalue weighted by Crippen LogP contribution is 2.23. The number of amides is 1. The molecule has 3 rings (SSSR count). The first-order chi connectivity index (χ1) is 13.2. The number of nitrogens with one attached hydrogen (secondary N) is 1. The van der Waals surface area contributed by atoms with Gasteiger partial charge >= 0.3 is 0 Å². The molecule has 0 bridgehead atoms. The molecule has 6 nitrogen and oxygen atoms in total. The second kappa shape index (κ2) is 9.04. The van der Waals surface area contributed by atoms with Gasteiger partial charge in [0.15, 0.2) is 0 Å². The van der Waals surface area contributed by atoms with Gasteiger partial charge in [0, 0.05) is 13.2 Å². The fourth-order valence-corrected chi connectivity index (χ4v) is 3.54. The highest BCUT2D eigenvalue weighted by Gasteiger charge is 2.24. The number of nitrogens with zero attached hydrogens (tertiary/aromatic N) is 2. The fourth-order valence-electron chi connectivity index (χ4n) is 3.54. The van der Waals surface area contributed by atoms with Crippen LogP contribution in [0.2, 0.25) is 0 Å². The molecule has 1 saturated heterocycles. The van der Waals surface area contributed by atoms with Gasteiger partial charge in [-0.3, -0.25) is 4.79 Å². The van der Waals surface area contributed by atoms with E-state index >= 15 is 0 Å². The molecule has 1 aliphatic rings. The van der Waals surface area contributed by atoms with Crippen molar-refractivity contribution in [2.75, 3.05) is 20.3 Å². The predicted octanol–water partition coefficient (Wildman–Crippen LogP) is 3.30. The van der Waals surface area contributed by atoms with Gasteiger partial charge in [-0.25, -0.2) is 4.68 Å². The average Bonchev–Trinajstić information content (AvgIpc) is 3.34. The largest absolute Gasteiger partial charge is 0.497 e. The molecule has 0 radical (unpaired) electrons. The molecule has 1 atom stereocenters. The van der Waals surface area contributed by atoms with Crippen LogP contribution in [0.1, 0.15) is 54.9 Å². The van der Waals surface area contributed by atoms with Crippen LogP contribution in [-0.4, -0.2) is 42.1 Å². The number of rotatable bonds is 8. The minimum Gasteiger partial charge on any atom is -0.497 e. The topological polar surface area (TPSA) is 65.4 Å². The second-order valence-corrected chi connectivity index (χ2v) is 6.83. The zero-order valence-electron chi connectivity index (χ0n) is 16.5. The highest BCUT2D eigenvalue weighted by atomic mass is 16.5. The van der Waals surface area contributed by atoms with Crippen LogP contribution in [0.15, 0.2) is 24.3 Å². The van der Waals surface area contributed by atoms with E-state index in [1.54, 1.807) is 7.11 Å². The lowest BCUT2D eigenvalue weighted by Gasteiger charge is -2.12. The Morgan fingerprint density at radius 3 is 2.70 bits per heavy atom. The fraction of sp³-hybridized carbons (Fsp3) is 0.524. The van der Waals surface area contributed by atoms with Gasteiger partial charge in [0.2, 0.25) is 0 Å². The Bertz CT molecular complexity index is 762. The highest BCUT2D eigenvalue weighted by molar-refractivity contribution is 5.96. The van der Waals surface area contributed by atoms with Crippen LogP contribution in [0.5, 0.6) is 5.75 Å². The summed E-state index contributed by atoms with van der Waals surface area (Å²) in [5, 5.41) is 7.84. The average molecular weight is 371 g/mol. The van der Waals surface area contributed by atoms with Crippen molar-refractivity contribution in [1.29, 1.82) is 0 Å². The number of ether oxygens (including phenoxy) is 2. The van der Waals surface area contributed by atoms with E-state index < -0.39 is 0 Å². The Kier molecular flexibility index (Phi) is 6.50. The Morgan fingerprint density at radius 1 is 1.33 bits per heavy atom. The van der Waals surface area contributed by atoms with Gasteiger partial charge < -0.3 is 14.8 Å². The van der Waals surface area contributed by atoms with Crippen LogP contribution in [0.3, 0.4) is 0 Å². The summed E-state index contributed by atoms with van der Waals surface area (Å²) in [5.41, 5.74) is 3.44. The van der Waals surface area contributed by atoms with Crippen molar-refractivity contribution in [1.82, 2.24) is 15.1 Å². The van der Waals surface area contributed by atoms with Crippen molar-refractivity contribution in [3.05, 3.63) is 41.2 Å². The van der Waals surface area contributed by atoms with Crippen molar-refractivity contribution in [2.45, 2.75) is 52.1 Å². The molecule has 0 unspecified atom stereocenters. The second-order valence-electron chi connectivity index (χ2n) is 6.83. The number of methoxy groups -OCH3 is 1. The van der Waals surface area contributed by atoms with Crippen molar-refractivity contribution >= 4 is 5.91 Å². The van der Waals surface area contributed by atoms with E-state index in [-0.39, 0.29) is 12.0 Å². The van der Waals surface area contributed by atoms with Gasteiger partial charge in [-0.15, -0.1) is 0 Å². The normalized spacial score (nSPS) is 16.5. The van der Waals surface area contributed by atoms with Crippen LogP contribution < -0.4 is 10.1 Å². The maximum Gasteiger partial charge on any atom is 0.255 e. The number of carbonyl (C=O) groups is 1. The molecule has 1 aromatic carbocycles. The molecule has 2 heterocycles. The zero-order valence-corrected chi connectivity index (χ0v) is 16.5. The van der Waals surface area contributed by atoms with E-state index in [4.69, 9.17) is 14.6 Å². The Hall–Kier alpha value is -2.34. The molecule has 1 N–H and O–H groups in total. The zero-order chi connectivity index (χ0) is 19.2. The first kappa shape index (κ1) is 19.4. The number of hydrogen-bond donors (Lipinski definition) is 1. The maximum atomic E-state index is 13.0. The standard InChI is InChI=1S/C21H29N3O3/c1-4-7-18-20(21(25)22-14-17-8-6-13-27-17)19(5-2)24(23-18)15-9-11-16(26-3)12-10-15/h9-12,17H,4-8,13-14H2,1-3H3,(H,22,25)/t17-/m1/s1. The minimum atomic E-state index is -0.0504. The van der Waals surface area contributed by atoms with Crippen LogP contribution in [0.4, 0.5) is 0 Å². The third-order valence-electron chi connectivity index (χ3n) is 4.93. The molecule has 0 saturated carbocycles. The molecule has 1 aliphatic heterocycles. The van der Waals surface area contributed by atoms with Gasteiger partial charge in [0.05, 0.1) is 35.9 Å². The summed E-state index contributed by atoms with van der Waals surface area (Å²) in [7, 11) is 1.65. The predicted molar refractivity (Wildman–Crippen MR) is 105 cm³/mol. The van der Waals surface area contributed by atoms with Gasteiger partial charge in [0.25, 0.3) is 5.91 Å². The van der Waals surface area contributed by atoms with Gasteiger partial charge in [-0.1, -0.05) is 20.3 Å². The van der Waals surface area contributed by atoms with Gasteiger partial charge in [-0.2, -0.15) is 5.10 Å². The summed E-state index contributed by atoms with van der Waals surface area (Å²) in [6.07, 6.45) is 4.65. The third-order valence-corrected chi connectivity index (χ3v) is 4.93. The maximum absolute atomic E-state index is 13.0. The molecule has 1 amide bonds. The first-order valence-corrected chi connectivity index (χ1v) is 9.82. The molecular weight excluding hydrogens is 342 g/mol. The molecule has 27 heavy (non-hydrogen) atoms. The molecular formula is C21H29N3O3. The molecule has 6 heteroatoms. The van der Waals surface area contributed by atoms with E-state index in [1.165, 1.54) is 0 Å². The van der Waals surface area contributed by atoms with Gasteiger partial charge in [-0.05, 0) is 49.9 Å². The Labute approximate surface area is 160 Å². The number of benzene rings is 1. The summed E-state index contributed by atoms with van der Waals surface area (Å²) < 4.78 is 12.8. The van der Waals surface area contributed by atoms with E-state index in [2.05, 4.69) is 19.2 Å². The molecule has 1 fully saturated rings. The number of aromatic nitrogens is 2. The van der Waals surface area contributed by atoms with Crippen molar-refractivity contribution in [3.8, 4) is 11.4 Å². The molecule has 2 aromatic rings. The Morgan fingerprint density at radius 2 is 2.11 bits per heavy atom. The summed E-state index contributed by atoms with van der Waals surface area (Å²) in [6, 6.07) is 7.75. The summed E-state index contributed by atoms with van der Waals surface area (Å²) in [6.45, 7) is 5.51. The Balaban J connectivity index is 1.90. The lowest BCUT2D eigenvalue weighted by Crippen LogP contribution is -2.32. The lowest BCUT2D eigenvalue weighted by molar-refractivity contribution is 0.0856. The quantitative estimate of drug-likeness (QED) is 0.773. The van der Waals surface area contributed by atoms with Gasteiger partial charge in [0.1, 0.15) is 5.75 Å². The molecule has 146 valence electrons. The van der Waals surface area contributed by atoms with Crippen LogP contribution in [-0.2, 0) is 17.6 Å². The van der Waals surface area contributed by atoms with Crippen LogP contribution >= 0.6 is 0 Å². The van der Waals surface area contributed by atoms with Crippen molar-refractivity contribution < 1.29 is 14.3 Å². The smallest absolute Gasteiger partial charge is 0.255 e. The number of aryl methyl sites for hydroxylation is 1. The number of carbonyl (C=O) groups excluding carboxylic acids is 1. The minimum absolute atomic E-state index is 0.0504. The van der Waals surface area contributed by atoms with Crippen molar-refractivity contribution in [2.24, 2.45) is 0 Å². The monoisotopic (exact) mass is 371 g/mol. The van der Waals surface area contributed by atoms with E-state index in [0.29, 0.717) is 12.1 Å². The van der Waals surface area contributed by atoms with E-state index in [9.17, 15) is 4.79 Å². The summed E-state index contributed by atoms with van der Waals surface area (Å²) in [4.78, 5) is 13.0. The SMILES string of the molecule is CCCc1nn(-c2ccc(OC)cc2)c(CC)c1C(=O)NC[C@H]1CCCO1. The third kappa shape index (κ3) is 4.33. The van der Waals surface area contributed by atoms with E-state index in [1.807, 2.05) is 28.9 Å². The lowest BCUT2D eigenvalue weighted by atomic mass is 10.1.